The molecule has 1 atom stereocenters. The van der Waals surface area contributed by atoms with Crippen LogP contribution < -0.4 is 4.72 Å². The number of sulfonamides is 1. The highest BCUT2D eigenvalue weighted by atomic mass is 32.2. The molecule has 1 N–H and O–H groups in total. The minimum atomic E-state index is -4.06. The monoisotopic (exact) mass is 499 g/mol. The zero-order chi connectivity index (χ0) is 25.5. The number of hydrogen-bond acceptors (Lipinski definition) is 3. The molecule has 1 aromatic heterocycles. The van der Waals surface area contributed by atoms with Crippen LogP contribution in [0.4, 0.5) is 10.1 Å². The summed E-state index contributed by atoms with van der Waals surface area (Å²) in [6.45, 7) is 9.70. The molecule has 1 saturated heterocycles. The molecule has 2 aromatic carbocycles. The highest BCUT2D eigenvalue weighted by Gasteiger charge is 2.33. The molecular formula is C27H34FN3O3S. The van der Waals surface area contributed by atoms with Crippen molar-refractivity contribution >= 4 is 32.5 Å². The second-order valence-electron chi connectivity index (χ2n) is 10.7. The number of carbonyl (C=O) groups excluding carboxylic acids is 1. The quantitative estimate of drug-likeness (QED) is 0.503. The van der Waals surface area contributed by atoms with Gasteiger partial charge >= 0.3 is 0 Å². The molecule has 0 radical (unpaired) electrons. The molecule has 0 unspecified atom stereocenters. The van der Waals surface area contributed by atoms with Gasteiger partial charge in [0.15, 0.2) is 0 Å². The van der Waals surface area contributed by atoms with Crippen LogP contribution in [0.3, 0.4) is 0 Å². The Balaban J connectivity index is 1.56. The van der Waals surface area contributed by atoms with E-state index in [2.05, 4.69) is 31.7 Å². The van der Waals surface area contributed by atoms with Gasteiger partial charge in [-0.2, -0.15) is 0 Å². The SMILES string of the molecule is C[C@@H](C(=O)N1CCC(c2cn(C)c3ccc(NS(=O)(=O)c4ccccc4F)cc23)CC1)C(C)(C)C. The molecule has 3 aromatic rings. The van der Waals surface area contributed by atoms with E-state index in [1.54, 1.807) is 6.07 Å². The number of benzene rings is 2. The van der Waals surface area contributed by atoms with E-state index in [0.717, 1.165) is 35.4 Å². The average Bonchev–Trinajstić information content (AvgIpc) is 3.13. The van der Waals surface area contributed by atoms with Gasteiger partial charge in [0.25, 0.3) is 10.0 Å². The van der Waals surface area contributed by atoms with Gasteiger partial charge in [-0.1, -0.05) is 39.8 Å². The van der Waals surface area contributed by atoms with Gasteiger partial charge in [-0.3, -0.25) is 9.52 Å². The third-order valence-corrected chi connectivity index (χ3v) is 8.73. The lowest BCUT2D eigenvalue weighted by atomic mass is 9.80. The molecule has 1 aliphatic heterocycles. The number of likely N-dealkylation sites (tertiary alicyclic amines) is 1. The topological polar surface area (TPSA) is 71.4 Å². The lowest BCUT2D eigenvalue weighted by Gasteiger charge is -2.36. The van der Waals surface area contributed by atoms with Crippen LogP contribution in [0.5, 0.6) is 0 Å². The molecule has 2 heterocycles. The van der Waals surface area contributed by atoms with Crippen molar-refractivity contribution in [3.63, 3.8) is 0 Å². The number of aryl methyl sites for hydroxylation is 1. The molecular weight excluding hydrogens is 465 g/mol. The lowest BCUT2D eigenvalue weighted by molar-refractivity contribution is -0.139. The van der Waals surface area contributed by atoms with Crippen molar-refractivity contribution in [1.82, 2.24) is 9.47 Å². The molecule has 1 amide bonds. The van der Waals surface area contributed by atoms with E-state index in [1.165, 1.54) is 18.2 Å². The van der Waals surface area contributed by atoms with Crippen molar-refractivity contribution in [2.75, 3.05) is 17.8 Å². The van der Waals surface area contributed by atoms with Crippen LogP contribution in [0.1, 0.15) is 52.0 Å². The number of fused-ring (bicyclic) bond motifs is 1. The number of nitrogens with zero attached hydrogens (tertiary/aromatic N) is 2. The number of nitrogens with one attached hydrogen (secondary N) is 1. The Morgan fingerprint density at radius 1 is 1.11 bits per heavy atom. The van der Waals surface area contributed by atoms with Gasteiger partial charge in [-0.25, -0.2) is 12.8 Å². The zero-order valence-corrected chi connectivity index (χ0v) is 21.8. The summed E-state index contributed by atoms with van der Waals surface area (Å²) in [4.78, 5) is 14.6. The summed E-state index contributed by atoms with van der Waals surface area (Å²) in [6, 6.07) is 10.7. The summed E-state index contributed by atoms with van der Waals surface area (Å²) in [6.07, 6.45) is 3.81. The molecule has 0 spiro atoms. The van der Waals surface area contributed by atoms with Crippen LogP contribution in [0, 0.1) is 17.2 Å². The Morgan fingerprint density at radius 3 is 2.40 bits per heavy atom. The maximum Gasteiger partial charge on any atom is 0.264 e. The van der Waals surface area contributed by atoms with E-state index in [0.29, 0.717) is 18.8 Å². The fourth-order valence-electron chi connectivity index (χ4n) is 4.74. The smallest absolute Gasteiger partial charge is 0.264 e. The van der Waals surface area contributed by atoms with Crippen LogP contribution in [0.25, 0.3) is 10.9 Å². The Hall–Kier alpha value is -2.87. The van der Waals surface area contributed by atoms with Crippen molar-refractivity contribution in [2.24, 2.45) is 18.4 Å². The van der Waals surface area contributed by atoms with Gasteiger partial charge < -0.3 is 9.47 Å². The fraction of sp³-hybridized carbons (Fsp3) is 0.444. The van der Waals surface area contributed by atoms with E-state index in [9.17, 15) is 17.6 Å². The van der Waals surface area contributed by atoms with Gasteiger partial charge in [0, 0.05) is 48.8 Å². The molecule has 35 heavy (non-hydrogen) atoms. The summed E-state index contributed by atoms with van der Waals surface area (Å²) < 4.78 is 44.2. The number of rotatable bonds is 5. The number of halogens is 1. The van der Waals surface area contributed by atoms with Crippen LogP contribution in [-0.4, -0.2) is 36.9 Å². The molecule has 0 aliphatic carbocycles. The van der Waals surface area contributed by atoms with Gasteiger partial charge in [0.05, 0.1) is 0 Å². The Kier molecular flexibility index (Phi) is 6.70. The predicted molar refractivity (Wildman–Crippen MR) is 137 cm³/mol. The van der Waals surface area contributed by atoms with Gasteiger partial charge in [0.2, 0.25) is 5.91 Å². The highest BCUT2D eigenvalue weighted by Crippen LogP contribution is 2.37. The van der Waals surface area contributed by atoms with E-state index in [4.69, 9.17) is 0 Å². The minimum Gasteiger partial charge on any atom is -0.350 e. The maximum atomic E-state index is 14.1. The van der Waals surface area contributed by atoms with Crippen molar-refractivity contribution in [1.29, 1.82) is 0 Å². The third kappa shape index (κ3) is 5.08. The molecule has 4 rings (SSSR count). The fourth-order valence-corrected chi connectivity index (χ4v) is 5.87. The molecule has 1 aliphatic rings. The van der Waals surface area contributed by atoms with Crippen LogP contribution in [0.15, 0.2) is 53.6 Å². The first-order valence-corrected chi connectivity index (χ1v) is 13.5. The summed E-state index contributed by atoms with van der Waals surface area (Å²) >= 11 is 0. The van der Waals surface area contributed by atoms with E-state index in [1.807, 2.05) is 35.6 Å². The largest absolute Gasteiger partial charge is 0.350 e. The van der Waals surface area contributed by atoms with Crippen molar-refractivity contribution in [3.8, 4) is 0 Å². The second kappa shape index (κ2) is 9.30. The summed E-state index contributed by atoms with van der Waals surface area (Å²) in [5.41, 5.74) is 2.45. The summed E-state index contributed by atoms with van der Waals surface area (Å²) in [5, 5.41) is 0.967. The van der Waals surface area contributed by atoms with Crippen molar-refractivity contribution < 1.29 is 17.6 Å². The minimum absolute atomic E-state index is 0.0401. The van der Waals surface area contributed by atoms with Crippen molar-refractivity contribution in [3.05, 3.63) is 60.0 Å². The number of anilines is 1. The first kappa shape index (κ1) is 25.2. The van der Waals surface area contributed by atoms with Crippen LogP contribution in [0.2, 0.25) is 0 Å². The number of hydrogen-bond donors (Lipinski definition) is 1. The van der Waals surface area contributed by atoms with Gasteiger partial charge in [-0.05, 0) is 60.1 Å². The van der Waals surface area contributed by atoms with E-state index in [-0.39, 0.29) is 28.1 Å². The van der Waals surface area contributed by atoms with E-state index < -0.39 is 15.8 Å². The number of carbonyl (C=O) groups is 1. The Labute approximate surface area is 207 Å². The summed E-state index contributed by atoms with van der Waals surface area (Å²) in [7, 11) is -2.09. The molecule has 6 nitrogen and oxygen atoms in total. The number of aromatic nitrogens is 1. The van der Waals surface area contributed by atoms with E-state index >= 15 is 0 Å². The standard InChI is InChI=1S/C27H34FN3O3S/c1-18(27(2,3)4)26(32)31-14-12-19(13-15-31)22-17-30(5)24-11-10-20(16-21(22)24)29-35(33,34)25-9-7-6-8-23(25)28/h6-11,16-19,29H,12-15H2,1-5H3/t18-/m0/s1. The zero-order valence-electron chi connectivity index (χ0n) is 21.0. The molecule has 0 saturated carbocycles. The van der Waals surface area contributed by atoms with Crippen LogP contribution >= 0.6 is 0 Å². The maximum absolute atomic E-state index is 14.1. The Morgan fingerprint density at radius 2 is 1.77 bits per heavy atom. The van der Waals surface area contributed by atoms with Crippen molar-refractivity contribution in [2.45, 2.75) is 51.3 Å². The first-order chi connectivity index (χ1) is 16.4. The molecule has 8 heteroatoms. The third-order valence-electron chi connectivity index (χ3n) is 7.31. The van der Waals surface area contributed by atoms with Gasteiger partial charge in [0.1, 0.15) is 10.7 Å². The molecule has 1 fully saturated rings. The van der Waals surface area contributed by atoms with Crippen LogP contribution in [-0.2, 0) is 21.9 Å². The average molecular weight is 500 g/mol. The first-order valence-electron chi connectivity index (χ1n) is 12.0. The van der Waals surface area contributed by atoms with Gasteiger partial charge in [-0.15, -0.1) is 0 Å². The highest BCUT2D eigenvalue weighted by molar-refractivity contribution is 7.92. The molecule has 0 bridgehead atoms. The second-order valence-corrected chi connectivity index (χ2v) is 12.3. The number of amides is 1. The number of piperidine rings is 1. The lowest BCUT2D eigenvalue weighted by Crippen LogP contribution is -2.43. The normalized spacial score (nSPS) is 16.5. The Bertz CT molecular complexity index is 1350. The summed E-state index contributed by atoms with van der Waals surface area (Å²) in [5.74, 6) is -0.352. The molecule has 188 valence electrons. The predicted octanol–water partition coefficient (Wildman–Crippen LogP) is 5.51.